The van der Waals surface area contributed by atoms with Crippen LogP contribution < -0.4 is 4.74 Å². The number of benzene rings is 2. The third kappa shape index (κ3) is 4.23. The molecule has 0 amide bonds. The summed E-state index contributed by atoms with van der Waals surface area (Å²) in [4.78, 5) is 23.4. The van der Waals surface area contributed by atoms with Crippen molar-refractivity contribution in [1.29, 1.82) is 0 Å². The highest BCUT2D eigenvalue weighted by atomic mass is 35.5. The zero-order chi connectivity index (χ0) is 16.8. The predicted octanol–water partition coefficient (Wildman–Crippen LogP) is 3.79. The fourth-order valence-corrected chi connectivity index (χ4v) is 2.12. The lowest BCUT2D eigenvalue weighted by molar-refractivity contribution is 0.0513. The van der Waals surface area contributed by atoms with Gasteiger partial charge in [0, 0.05) is 5.02 Å². The zero-order valence-corrected chi connectivity index (χ0v) is 13.2. The Labute approximate surface area is 138 Å². The van der Waals surface area contributed by atoms with Gasteiger partial charge in [0.1, 0.15) is 17.9 Å². The van der Waals surface area contributed by atoms with Crippen LogP contribution in [0.25, 0.3) is 0 Å². The van der Waals surface area contributed by atoms with E-state index in [1.54, 1.807) is 37.3 Å². The van der Waals surface area contributed by atoms with Crippen LogP contribution >= 0.6 is 11.6 Å². The van der Waals surface area contributed by atoms with Gasteiger partial charge in [0.2, 0.25) is 0 Å². The van der Waals surface area contributed by atoms with Gasteiger partial charge in [-0.2, -0.15) is 0 Å². The Bertz CT molecular complexity index is 709. The number of aromatic carboxylic acids is 1. The molecule has 0 aliphatic carbocycles. The van der Waals surface area contributed by atoms with E-state index in [9.17, 15) is 14.7 Å². The average molecular weight is 335 g/mol. The van der Waals surface area contributed by atoms with Crippen molar-refractivity contribution in [2.45, 2.75) is 13.5 Å². The smallest absolute Gasteiger partial charge is 0.340 e. The zero-order valence-electron chi connectivity index (χ0n) is 12.4. The van der Waals surface area contributed by atoms with Gasteiger partial charge >= 0.3 is 11.9 Å². The van der Waals surface area contributed by atoms with Crippen LogP contribution in [0.3, 0.4) is 0 Å². The lowest BCUT2D eigenvalue weighted by Gasteiger charge is -2.12. The molecule has 23 heavy (non-hydrogen) atoms. The fourth-order valence-electron chi connectivity index (χ4n) is 1.99. The Morgan fingerprint density at radius 1 is 1.13 bits per heavy atom. The van der Waals surface area contributed by atoms with Crippen molar-refractivity contribution in [1.82, 2.24) is 0 Å². The maximum Gasteiger partial charge on any atom is 0.340 e. The normalized spacial score (nSPS) is 10.2. The van der Waals surface area contributed by atoms with Crippen molar-refractivity contribution in [3.63, 3.8) is 0 Å². The van der Waals surface area contributed by atoms with Gasteiger partial charge in [0.15, 0.2) is 0 Å². The number of carbonyl (C=O) groups excluding carboxylic acids is 1. The van der Waals surface area contributed by atoms with E-state index in [1.165, 1.54) is 12.1 Å². The van der Waals surface area contributed by atoms with E-state index in [2.05, 4.69) is 0 Å². The van der Waals surface area contributed by atoms with Gasteiger partial charge in [0.25, 0.3) is 0 Å². The first kappa shape index (κ1) is 16.8. The molecule has 0 aliphatic rings. The SMILES string of the molecule is CCOC(=O)c1cccc(OCc2ccc(Cl)cc2)c1C(=O)O. The summed E-state index contributed by atoms with van der Waals surface area (Å²) in [6.45, 7) is 1.97. The molecular formula is C17H15ClO5. The number of hydrogen-bond acceptors (Lipinski definition) is 4. The summed E-state index contributed by atoms with van der Waals surface area (Å²) in [6.07, 6.45) is 0. The lowest BCUT2D eigenvalue weighted by Crippen LogP contribution is -2.13. The third-order valence-electron chi connectivity index (χ3n) is 3.04. The van der Waals surface area contributed by atoms with E-state index >= 15 is 0 Å². The van der Waals surface area contributed by atoms with E-state index in [1.807, 2.05) is 0 Å². The van der Waals surface area contributed by atoms with Gasteiger partial charge in [-0.05, 0) is 36.8 Å². The Balaban J connectivity index is 2.27. The van der Waals surface area contributed by atoms with Crippen LogP contribution in [0.15, 0.2) is 42.5 Å². The highest BCUT2D eigenvalue weighted by Crippen LogP contribution is 2.24. The number of esters is 1. The van der Waals surface area contributed by atoms with Crippen LogP contribution in [0.1, 0.15) is 33.2 Å². The van der Waals surface area contributed by atoms with Gasteiger partial charge in [0.05, 0.1) is 12.2 Å². The first-order chi connectivity index (χ1) is 11.0. The van der Waals surface area contributed by atoms with Crippen LogP contribution in [-0.2, 0) is 11.3 Å². The second-order valence-electron chi connectivity index (χ2n) is 4.62. The molecule has 0 fully saturated rings. The average Bonchev–Trinajstić information content (AvgIpc) is 2.54. The summed E-state index contributed by atoms with van der Waals surface area (Å²) in [5, 5.41) is 9.99. The number of carboxylic acid groups (broad SMARTS) is 1. The number of rotatable bonds is 6. The molecule has 0 bridgehead atoms. The van der Waals surface area contributed by atoms with E-state index in [0.717, 1.165) is 5.56 Å². The van der Waals surface area contributed by atoms with Crippen molar-refractivity contribution in [3.05, 3.63) is 64.2 Å². The maximum atomic E-state index is 11.9. The van der Waals surface area contributed by atoms with Crippen molar-refractivity contribution in [3.8, 4) is 5.75 Å². The van der Waals surface area contributed by atoms with Crippen LogP contribution in [-0.4, -0.2) is 23.7 Å². The number of ether oxygens (including phenoxy) is 2. The highest BCUT2D eigenvalue weighted by Gasteiger charge is 2.22. The second kappa shape index (κ2) is 7.65. The molecule has 0 unspecified atom stereocenters. The minimum absolute atomic E-state index is 0.0343. The molecule has 5 nitrogen and oxygen atoms in total. The molecule has 0 spiro atoms. The minimum atomic E-state index is -1.25. The fraction of sp³-hybridized carbons (Fsp3) is 0.176. The molecule has 0 saturated heterocycles. The van der Waals surface area contributed by atoms with Crippen molar-refractivity contribution < 1.29 is 24.2 Å². The van der Waals surface area contributed by atoms with Gasteiger partial charge in [-0.25, -0.2) is 9.59 Å². The van der Waals surface area contributed by atoms with Gasteiger partial charge < -0.3 is 14.6 Å². The number of carbonyl (C=O) groups is 2. The molecule has 2 aromatic carbocycles. The Hall–Kier alpha value is -2.53. The minimum Gasteiger partial charge on any atom is -0.488 e. The second-order valence-corrected chi connectivity index (χ2v) is 5.06. The predicted molar refractivity (Wildman–Crippen MR) is 85.1 cm³/mol. The molecule has 0 atom stereocenters. The molecule has 6 heteroatoms. The van der Waals surface area contributed by atoms with Crippen LogP contribution in [0.4, 0.5) is 0 Å². The van der Waals surface area contributed by atoms with E-state index in [0.29, 0.717) is 5.02 Å². The van der Waals surface area contributed by atoms with Crippen LogP contribution in [0.2, 0.25) is 5.02 Å². The molecule has 2 aromatic rings. The molecule has 0 heterocycles. The maximum absolute atomic E-state index is 11.9. The molecule has 0 aliphatic heterocycles. The van der Waals surface area contributed by atoms with Gasteiger partial charge in [-0.1, -0.05) is 29.8 Å². The van der Waals surface area contributed by atoms with E-state index < -0.39 is 11.9 Å². The summed E-state index contributed by atoms with van der Waals surface area (Å²) in [7, 11) is 0. The lowest BCUT2D eigenvalue weighted by atomic mass is 10.1. The summed E-state index contributed by atoms with van der Waals surface area (Å²) >= 11 is 5.81. The van der Waals surface area contributed by atoms with E-state index in [-0.39, 0.29) is 30.1 Å². The summed E-state index contributed by atoms with van der Waals surface area (Å²) in [6, 6.07) is 11.4. The molecule has 120 valence electrons. The highest BCUT2D eigenvalue weighted by molar-refractivity contribution is 6.30. The molecule has 1 N–H and O–H groups in total. The largest absolute Gasteiger partial charge is 0.488 e. The van der Waals surface area contributed by atoms with Crippen molar-refractivity contribution in [2.75, 3.05) is 6.61 Å². The number of carboxylic acids is 1. The monoisotopic (exact) mass is 334 g/mol. The first-order valence-corrected chi connectivity index (χ1v) is 7.31. The standard InChI is InChI=1S/C17H15ClO5/c1-2-22-17(21)13-4-3-5-14(15(13)16(19)20)23-10-11-6-8-12(18)9-7-11/h3-9H,2,10H2,1H3,(H,19,20). The Kier molecular flexibility index (Phi) is 5.60. The van der Waals surface area contributed by atoms with Crippen molar-refractivity contribution in [2.24, 2.45) is 0 Å². The Morgan fingerprint density at radius 2 is 1.83 bits per heavy atom. The van der Waals surface area contributed by atoms with Gasteiger partial charge in [-0.15, -0.1) is 0 Å². The van der Waals surface area contributed by atoms with Crippen LogP contribution in [0.5, 0.6) is 5.75 Å². The summed E-state index contributed by atoms with van der Waals surface area (Å²) in [5.74, 6) is -1.83. The van der Waals surface area contributed by atoms with E-state index in [4.69, 9.17) is 21.1 Å². The van der Waals surface area contributed by atoms with Crippen LogP contribution in [0, 0.1) is 0 Å². The third-order valence-corrected chi connectivity index (χ3v) is 3.30. The molecule has 0 saturated carbocycles. The first-order valence-electron chi connectivity index (χ1n) is 6.93. The molecule has 2 rings (SSSR count). The molecular weight excluding hydrogens is 320 g/mol. The number of hydrogen-bond donors (Lipinski definition) is 1. The summed E-state index contributed by atoms with van der Waals surface area (Å²) in [5.41, 5.74) is 0.583. The summed E-state index contributed by atoms with van der Waals surface area (Å²) < 4.78 is 10.4. The number of halogens is 1. The Morgan fingerprint density at radius 3 is 2.43 bits per heavy atom. The quantitative estimate of drug-likeness (QED) is 0.813. The topological polar surface area (TPSA) is 72.8 Å². The molecule has 0 aromatic heterocycles. The van der Waals surface area contributed by atoms with Crippen molar-refractivity contribution >= 4 is 23.5 Å². The van der Waals surface area contributed by atoms with Gasteiger partial charge in [-0.3, -0.25) is 0 Å². The molecule has 0 radical (unpaired) electrons.